The van der Waals surface area contributed by atoms with E-state index < -0.39 is 0 Å². The number of carbonyl (C=O) groups excluding carboxylic acids is 1. The average Bonchev–Trinajstić information content (AvgIpc) is 3.30. The number of ether oxygens (including phenoxy) is 2. The highest BCUT2D eigenvalue weighted by Gasteiger charge is 2.27. The van der Waals surface area contributed by atoms with Crippen LogP contribution in [0.25, 0.3) is 16.9 Å². The van der Waals surface area contributed by atoms with Crippen molar-refractivity contribution in [2.45, 2.75) is 26.2 Å². The SMILES string of the molecule is COc1ccc(-n2c(-c3ccccc3)cc(C(=O)N3CCC(Cc4ccccc4)CC3)c2C)cc1OC. The molecule has 0 radical (unpaired) electrons. The van der Waals surface area contributed by atoms with Gasteiger partial charge in [-0.25, -0.2) is 0 Å². The second kappa shape index (κ2) is 11.0. The molecule has 5 nitrogen and oxygen atoms in total. The zero-order valence-corrected chi connectivity index (χ0v) is 21.8. The van der Waals surface area contributed by atoms with E-state index in [1.54, 1.807) is 14.2 Å². The maximum absolute atomic E-state index is 13.8. The molecule has 1 saturated heterocycles. The van der Waals surface area contributed by atoms with Crippen LogP contribution in [0.5, 0.6) is 11.5 Å². The Kier molecular flexibility index (Phi) is 7.31. The Morgan fingerprint density at radius 2 is 1.49 bits per heavy atom. The van der Waals surface area contributed by atoms with Gasteiger partial charge in [0.15, 0.2) is 11.5 Å². The fourth-order valence-corrected chi connectivity index (χ4v) is 5.40. The zero-order chi connectivity index (χ0) is 25.8. The lowest BCUT2D eigenvalue weighted by atomic mass is 9.90. The van der Waals surface area contributed by atoms with Gasteiger partial charge in [0, 0.05) is 30.5 Å². The highest BCUT2D eigenvalue weighted by molar-refractivity contribution is 5.97. The Hall–Kier alpha value is -3.99. The molecule has 1 amide bonds. The van der Waals surface area contributed by atoms with Gasteiger partial charge in [0.05, 0.1) is 25.5 Å². The molecule has 0 saturated carbocycles. The number of amides is 1. The van der Waals surface area contributed by atoms with Gasteiger partial charge in [-0.05, 0) is 61.4 Å². The van der Waals surface area contributed by atoms with Crippen LogP contribution in [0.3, 0.4) is 0 Å². The van der Waals surface area contributed by atoms with E-state index in [0.717, 1.165) is 60.6 Å². The Labute approximate surface area is 219 Å². The van der Waals surface area contributed by atoms with E-state index in [4.69, 9.17) is 9.47 Å². The van der Waals surface area contributed by atoms with E-state index in [1.165, 1.54) is 5.56 Å². The van der Waals surface area contributed by atoms with E-state index in [-0.39, 0.29) is 5.91 Å². The molecule has 2 heterocycles. The van der Waals surface area contributed by atoms with Gasteiger partial charge >= 0.3 is 0 Å². The van der Waals surface area contributed by atoms with Crippen molar-refractivity contribution < 1.29 is 14.3 Å². The third-order valence-corrected chi connectivity index (χ3v) is 7.44. The first-order valence-electron chi connectivity index (χ1n) is 12.9. The van der Waals surface area contributed by atoms with E-state index >= 15 is 0 Å². The summed E-state index contributed by atoms with van der Waals surface area (Å²) in [7, 11) is 3.27. The number of likely N-dealkylation sites (tertiary alicyclic amines) is 1. The second-order valence-electron chi connectivity index (χ2n) is 9.69. The van der Waals surface area contributed by atoms with E-state index in [2.05, 4.69) is 47.0 Å². The van der Waals surface area contributed by atoms with Crippen LogP contribution in [0.2, 0.25) is 0 Å². The second-order valence-corrected chi connectivity index (χ2v) is 9.69. The van der Waals surface area contributed by atoms with Gasteiger partial charge in [-0.2, -0.15) is 0 Å². The highest BCUT2D eigenvalue weighted by Crippen LogP contribution is 2.35. The van der Waals surface area contributed by atoms with Crippen molar-refractivity contribution in [2.75, 3.05) is 27.3 Å². The Bertz CT molecular complexity index is 1350. The standard InChI is InChI=1S/C32H34N2O3/c1-23-28(32(35)33-18-16-25(17-19-33)20-24-10-6-4-7-11-24)22-29(26-12-8-5-9-13-26)34(23)27-14-15-30(36-2)31(21-27)37-3/h4-15,21-22,25H,16-20H2,1-3H3. The number of benzene rings is 3. The van der Waals surface area contributed by atoms with Crippen LogP contribution in [0, 0.1) is 12.8 Å². The number of aromatic nitrogens is 1. The average molecular weight is 495 g/mol. The Morgan fingerprint density at radius 1 is 0.838 bits per heavy atom. The molecule has 37 heavy (non-hydrogen) atoms. The summed E-state index contributed by atoms with van der Waals surface area (Å²) in [5.74, 6) is 2.04. The molecule has 1 fully saturated rings. The molecular weight excluding hydrogens is 460 g/mol. The normalized spacial score (nSPS) is 14.0. The predicted octanol–water partition coefficient (Wildman–Crippen LogP) is 6.56. The molecule has 3 aromatic carbocycles. The number of hydrogen-bond donors (Lipinski definition) is 0. The van der Waals surface area contributed by atoms with Crippen LogP contribution < -0.4 is 9.47 Å². The summed E-state index contributed by atoms with van der Waals surface area (Å²) in [6, 6.07) is 28.8. The van der Waals surface area contributed by atoms with Crippen molar-refractivity contribution >= 4 is 5.91 Å². The molecule has 4 aromatic rings. The lowest BCUT2D eigenvalue weighted by Gasteiger charge is -2.32. The minimum Gasteiger partial charge on any atom is -0.493 e. The van der Waals surface area contributed by atoms with Crippen molar-refractivity contribution in [3.05, 3.63) is 102 Å². The van der Waals surface area contributed by atoms with Gasteiger partial charge in [0.2, 0.25) is 0 Å². The lowest BCUT2D eigenvalue weighted by Crippen LogP contribution is -2.39. The largest absolute Gasteiger partial charge is 0.493 e. The van der Waals surface area contributed by atoms with Gasteiger partial charge in [0.1, 0.15) is 0 Å². The van der Waals surface area contributed by atoms with Gasteiger partial charge in [-0.15, -0.1) is 0 Å². The van der Waals surface area contributed by atoms with Crippen LogP contribution in [-0.2, 0) is 6.42 Å². The van der Waals surface area contributed by atoms with Crippen LogP contribution in [0.15, 0.2) is 84.9 Å². The van der Waals surface area contributed by atoms with Gasteiger partial charge in [0.25, 0.3) is 5.91 Å². The van der Waals surface area contributed by atoms with Crippen molar-refractivity contribution in [1.82, 2.24) is 9.47 Å². The molecule has 0 aliphatic carbocycles. The molecule has 0 spiro atoms. The molecule has 0 atom stereocenters. The third-order valence-electron chi connectivity index (χ3n) is 7.44. The topological polar surface area (TPSA) is 43.7 Å². The van der Waals surface area contributed by atoms with Crippen LogP contribution in [0.1, 0.15) is 34.5 Å². The van der Waals surface area contributed by atoms with Crippen molar-refractivity contribution in [3.8, 4) is 28.4 Å². The summed E-state index contributed by atoms with van der Waals surface area (Å²) in [6.45, 7) is 3.61. The van der Waals surface area contributed by atoms with Crippen LogP contribution in [-0.4, -0.2) is 42.7 Å². The van der Waals surface area contributed by atoms with Crippen LogP contribution in [0.4, 0.5) is 0 Å². The molecular formula is C32H34N2O3. The van der Waals surface area contributed by atoms with E-state index in [9.17, 15) is 4.79 Å². The van der Waals surface area contributed by atoms with Crippen molar-refractivity contribution in [3.63, 3.8) is 0 Å². The molecule has 1 aromatic heterocycles. The smallest absolute Gasteiger partial charge is 0.255 e. The third kappa shape index (κ3) is 5.12. The summed E-state index contributed by atoms with van der Waals surface area (Å²) in [5.41, 5.74) is 6.00. The number of rotatable bonds is 7. The lowest BCUT2D eigenvalue weighted by molar-refractivity contribution is 0.0690. The summed E-state index contributed by atoms with van der Waals surface area (Å²) in [6.07, 6.45) is 3.14. The highest BCUT2D eigenvalue weighted by atomic mass is 16.5. The maximum Gasteiger partial charge on any atom is 0.255 e. The predicted molar refractivity (Wildman–Crippen MR) is 148 cm³/mol. The summed E-state index contributed by atoms with van der Waals surface area (Å²) in [4.78, 5) is 15.8. The first-order valence-corrected chi connectivity index (χ1v) is 12.9. The van der Waals surface area contributed by atoms with Gasteiger partial charge in [-0.3, -0.25) is 4.79 Å². The van der Waals surface area contributed by atoms with Crippen molar-refractivity contribution in [2.24, 2.45) is 5.92 Å². The van der Waals surface area contributed by atoms with Gasteiger partial charge < -0.3 is 18.9 Å². The van der Waals surface area contributed by atoms with Crippen molar-refractivity contribution in [1.29, 1.82) is 0 Å². The number of methoxy groups -OCH3 is 2. The molecule has 5 rings (SSSR count). The Morgan fingerprint density at radius 3 is 2.14 bits per heavy atom. The molecule has 1 aliphatic heterocycles. The first-order chi connectivity index (χ1) is 18.1. The molecule has 190 valence electrons. The molecule has 0 unspecified atom stereocenters. The number of nitrogens with zero attached hydrogens (tertiary/aromatic N) is 2. The molecule has 1 aliphatic rings. The molecule has 0 bridgehead atoms. The fraction of sp³-hybridized carbons (Fsp3) is 0.281. The quantitative estimate of drug-likeness (QED) is 0.292. The fourth-order valence-electron chi connectivity index (χ4n) is 5.40. The number of piperidine rings is 1. The zero-order valence-electron chi connectivity index (χ0n) is 21.8. The number of carbonyl (C=O) groups is 1. The first kappa shape index (κ1) is 24.7. The summed E-state index contributed by atoms with van der Waals surface area (Å²) in [5, 5.41) is 0. The van der Waals surface area contributed by atoms with Crippen LogP contribution >= 0.6 is 0 Å². The Balaban J connectivity index is 1.44. The molecule has 5 heteroatoms. The minimum atomic E-state index is 0.104. The number of hydrogen-bond acceptors (Lipinski definition) is 3. The summed E-state index contributed by atoms with van der Waals surface area (Å²) >= 11 is 0. The van der Waals surface area contributed by atoms with E-state index in [0.29, 0.717) is 17.4 Å². The van der Waals surface area contributed by atoms with Gasteiger partial charge in [-0.1, -0.05) is 60.7 Å². The minimum absolute atomic E-state index is 0.104. The monoisotopic (exact) mass is 494 g/mol. The summed E-state index contributed by atoms with van der Waals surface area (Å²) < 4.78 is 13.2. The van der Waals surface area contributed by atoms with E-state index in [1.807, 2.05) is 54.3 Å². The molecule has 0 N–H and O–H groups in total. The maximum atomic E-state index is 13.8.